The molecule has 0 saturated carbocycles. The molecule has 0 unspecified atom stereocenters. The number of nitrogens with zero attached hydrogens (tertiary/aromatic N) is 6. The minimum atomic E-state index is -0.465. The molecular formula is C29H30ClN7O4. The van der Waals surface area contributed by atoms with E-state index in [1.165, 1.54) is 6.20 Å². The zero-order valence-electron chi connectivity index (χ0n) is 23.0. The molecular weight excluding hydrogens is 546 g/mol. The average molecular weight is 576 g/mol. The number of carbonyl (C=O) groups excluding carboxylic acids is 1. The first-order chi connectivity index (χ1) is 19.7. The number of methoxy groups -OCH3 is 1. The van der Waals surface area contributed by atoms with Gasteiger partial charge in [0.1, 0.15) is 17.3 Å². The summed E-state index contributed by atoms with van der Waals surface area (Å²) < 4.78 is 6.79. The van der Waals surface area contributed by atoms with Gasteiger partial charge in [0, 0.05) is 44.0 Å². The van der Waals surface area contributed by atoms with Crippen molar-refractivity contribution in [2.75, 3.05) is 50.6 Å². The number of ether oxygens (including phenoxy) is 1. The molecule has 0 atom stereocenters. The fraction of sp³-hybridized carbons (Fsp3) is 0.276. The highest BCUT2D eigenvalue weighted by molar-refractivity contribution is 6.35. The highest BCUT2D eigenvalue weighted by atomic mass is 35.5. The van der Waals surface area contributed by atoms with E-state index in [2.05, 4.69) is 32.2 Å². The summed E-state index contributed by atoms with van der Waals surface area (Å²) in [5.41, 5.74) is 1.99. The molecule has 4 aromatic rings. The molecule has 1 N–H and O–H groups in total. The number of pyridine rings is 1. The summed E-state index contributed by atoms with van der Waals surface area (Å²) in [6, 6.07) is 15.9. The number of halogens is 1. The van der Waals surface area contributed by atoms with Crippen molar-refractivity contribution >= 4 is 40.4 Å². The van der Waals surface area contributed by atoms with Crippen molar-refractivity contribution in [3.8, 4) is 5.75 Å². The summed E-state index contributed by atoms with van der Waals surface area (Å²) >= 11 is 6.35. The number of aromatic nitrogens is 3. The van der Waals surface area contributed by atoms with Crippen LogP contribution in [-0.2, 0) is 6.54 Å². The average Bonchev–Trinajstić information content (AvgIpc) is 3.27. The zero-order chi connectivity index (χ0) is 29.1. The fourth-order valence-corrected chi connectivity index (χ4v) is 4.97. The first kappa shape index (κ1) is 28.1. The molecule has 1 aliphatic rings. The third kappa shape index (κ3) is 6.01. The van der Waals surface area contributed by atoms with Crippen LogP contribution in [0.1, 0.15) is 27.2 Å². The summed E-state index contributed by atoms with van der Waals surface area (Å²) in [7, 11) is 3.65. The van der Waals surface area contributed by atoms with Crippen LogP contribution >= 0.6 is 11.6 Å². The van der Waals surface area contributed by atoms with Crippen molar-refractivity contribution in [2.45, 2.75) is 13.5 Å². The van der Waals surface area contributed by atoms with Gasteiger partial charge in [-0.25, -0.2) is 4.98 Å². The molecule has 5 rings (SSSR count). The number of hydrogen-bond donors (Lipinski definition) is 1. The van der Waals surface area contributed by atoms with Gasteiger partial charge in [-0.2, -0.15) is 0 Å². The van der Waals surface area contributed by atoms with E-state index in [0.717, 1.165) is 31.7 Å². The van der Waals surface area contributed by atoms with Crippen LogP contribution < -0.4 is 15.0 Å². The minimum Gasteiger partial charge on any atom is -0.497 e. The van der Waals surface area contributed by atoms with Crippen molar-refractivity contribution in [1.82, 2.24) is 19.7 Å². The number of ketones is 1. The number of nitrogens with one attached hydrogen (secondary N) is 1. The maximum absolute atomic E-state index is 13.6. The Hall–Kier alpha value is -4.48. The minimum absolute atomic E-state index is 0.0322. The molecule has 1 saturated heterocycles. The Morgan fingerprint density at radius 2 is 1.80 bits per heavy atom. The van der Waals surface area contributed by atoms with Crippen molar-refractivity contribution in [3.05, 3.63) is 98.3 Å². The van der Waals surface area contributed by atoms with Gasteiger partial charge in [-0.15, -0.1) is 5.10 Å². The second-order valence-electron chi connectivity index (χ2n) is 9.86. The molecule has 0 amide bonds. The third-order valence-electron chi connectivity index (χ3n) is 7.18. The van der Waals surface area contributed by atoms with Gasteiger partial charge in [0.15, 0.2) is 5.78 Å². The van der Waals surface area contributed by atoms with Crippen LogP contribution in [0, 0.1) is 17.0 Å². The second kappa shape index (κ2) is 11.9. The molecule has 2 aromatic heterocycles. The topological polar surface area (TPSA) is 119 Å². The lowest BCUT2D eigenvalue weighted by molar-refractivity contribution is -0.384. The standard InChI is InChI=1S/C29H30ClN7O4/c1-19-27(37(39)40)29(33-36(19)18-20-8-10-21(41-3)11-9-20)32-25-16-26(35-14-12-34(2)13-15-35)31-17-23(25)28(38)22-6-4-5-7-24(22)30/h4-11,16-17H,12-15,18H2,1-3H3,(H,31,32,33). The van der Waals surface area contributed by atoms with Gasteiger partial charge >= 0.3 is 5.69 Å². The maximum atomic E-state index is 13.6. The summed E-state index contributed by atoms with van der Waals surface area (Å²) in [5.74, 6) is 1.05. The van der Waals surface area contributed by atoms with Crippen LogP contribution in [0.4, 0.5) is 23.0 Å². The van der Waals surface area contributed by atoms with Crippen molar-refractivity contribution in [3.63, 3.8) is 0 Å². The summed E-state index contributed by atoms with van der Waals surface area (Å²) in [6.45, 7) is 5.22. The smallest absolute Gasteiger partial charge is 0.334 e. The quantitative estimate of drug-likeness (QED) is 0.168. The van der Waals surface area contributed by atoms with Crippen molar-refractivity contribution in [1.29, 1.82) is 0 Å². The highest BCUT2D eigenvalue weighted by Crippen LogP contribution is 2.34. The van der Waals surface area contributed by atoms with Crippen molar-refractivity contribution < 1.29 is 14.5 Å². The molecule has 0 aliphatic carbocycles. The highest BCUT2D eigenvalue weighted by Gasteiger charge is 2.28. The van der Waals surface area contributed by atoms with Crippen LogP contribution in [-0.4, -0.2) is 70.7 Å². The van der Waals surface area contributed by atoms with Gasteiger partial charge in [-0.3, -0.25) is 19.6 Å². The number of nitro groups is 1. The van der Waals surface area contributed by atoms with Gasteiger partial charge in [-0.1, -0.05) is 35.9 Å². The van der Waals surface area contributed by atoms with E-state index in [1.54, 1.807) is 49.0 Å². The number of likely N-dealkylation sites (N-methyl/N-ethyl adjacent to an activating group) is 1. The number of rotatable bonds is 9. The molecule has 11 nitrogen and oxygen atoms in total. The van der Waals surface area contributed by atoms with Gasteiger partial charge < -0.3 is 19.9 Å². The van der Waals surface area contributed by atoms with Crippen LogP contribution in [0.25, 0.3) is 0 Å². The van der Waals surface area contributed by atoms with Crippen LogP contribution in [0.3, 0.4) is 0 Å². The number of carbonyl (C=O) groups is 1. The summed E-state index contributed by atoms with van der Waals surface area (Å²) in [5, 5.41) is 20.2. The predicted molar refractivity (Wildman–Crippen MR) is 158 cm³/mol. The third-order valence-corrected chi connectivity index (χ3v) is 7.51. The van der Waals surface area contributed by atoms with E-state index in [0.29, 0.717) is 40.1 Å². The number of benzene rings is 2. The SMILES string of the molecule is COc1ccc(Cn2nc(Nc3cc(N4CCN(C)CC4)ncc3C(=O)c3ccccc3Cl)c([N+](=O)[O-])c2C)cc1. The molecule has 1 aliphatic heterocycles. The lowest BCUT2D eigenvalue weighted by Gasteiger charge is -2.33. The van der Waals surface area contributed by atoms with E-state index in [-0.39, 0.29) is 22.9 Å². The normalized spacial score (nSPS) is 13.7. The Balaban J connectivity index is 1.55. The first-order valence-electron chi connectivity index (χ1n) is 13.1. The Kier molecular flexibility index (Phi) is 8.18. The Labute approximate surface area is 242 Å². The number of anilines is 3. The van der Waals surface area contributed by atoms with Gasteiger partial charge in [0.25, 0.3) is 0 Å². The number of piperazine rings is 1. The predicted octanol–water partition coefficient (Wildman–Crippen LogP) is 4.93. The summed E-state index contributed by atoms with van der Waals surface area (Å²) in [4.78, 5) is 34.3. The second-order valence-corrected chi connectivity index (χ2v) is 10.3. The Bertz CT molecular complexity index is 1580. The lowest BCUT2D eigenvalue weighted by Crippen LogP contribution is -2.44. The van der Waals surface area contributed by atoms with Gasteiger partial charge in [-0.05, 0) is 43.8 Å². The van der Waals surface area contributed by atoms with E-state index < -0.39 is 4.92 Å². The molecule has 3 heterocycles. The van der Waals surface area contributed by atoms with Crippen LogP contribution in [0.5, 0.6) is 5.75 Å². The molecule has 0 spiro atoms. The molecule has 0 bridgehead atoms. The van der Waals surface area contributed by atoms with E-state index in [1.807, 2.05) is 24.3 Å². The summed E-state index contributed by atoms with van der Waals surface area (Å²) in [6.07, 6.45) is 1.49. The Morgan fingerprint density at radius 1 is 1.10 bits per heavy atom. The van der Waals surface area contributed by atoms with E-state index >= 15 is 0 Å². The Morgan fingerprint density at radius 3 is 2.46 bits per heavy atom. The van der Waals surface area contributed by atoms with E-state index in [9.17, 15) is 14.9 Å². The van der Waals surface area contributed by atoms with E-state index in [4.69, 9.17) is 16.3 Å². The molecule has 212 valence electrons. The monoisotopic (exact) mass is 575 g/mol. The van der Waals surface area contributed by atoms with Gasteiger partial charge in [0.2, 0.25) is 5.82 Å². The number of hydrogen-bond acceptors (Lipinski definition) is 9. The molecule has 41 heavy (non-hydrogen) atoms. The van der Waals surface area contributed by atoms with Crippen LogP contribution in [0.2, 0.25) is 5.02 Å². The fourth-order valence-electron chi connectivity index (χ4n) is 4.75. The zero-order valence-corrected chi connectivity index (χ0v) is 23.8. The van der Waals surface area contributed by atoms with Gasteiger partial charge in [0.05, 0.1) is 34.9 Å². The maximum Gasteiger partial charge on any atom is 0.334 e. The lowest BCUT2D eigenvalue weighted by atomic mass is 10.0. The molecule has 0 radical (unpaired) electrons. The molecule has 12 heteroatoms. The van der Waals surface area contributed by atoms with Crippen molar-refractivity contribution in [2.24, 2.45) is 0 Å². The molecule has 2 aromatic carbocycles. The first-order valence-corrected chi connectivity index (χ1v) is 13.5. The molecule has 1 fully saturated rings. The largest absolute Gasteiger partial charge is 0.497 e. The van der Waals surface area contributed by atoms with Crippen LogP contribution in [0.15, 0.2) is 60.8 Å².